The minimum absolute atomic E-state index is 0.0489. The number of hydrogen-bond donors (Lipinski definition) is 0. The molecule has 0 N–H and O–H groups in total. The van der Waals surface area contributed by atoms with E-state index in [1.54, 1.807) is 0 Å². The molecule has 0 spiro atoms. The molecular weight excluding hydrogens is 246 g/mol. The molecule has 2 aromatic rings. The zero-order valence-electron chi connectivity index (χ0n) is 14.1. The van der Waals surface area contributed by atoms with E-state index in [1.165, 1.54) is 11.1 Å². The van der Waals surface area contributed by atoms with Gasteiger partial charge in [-0.15, -0.1) is 0 Å². The lowest BCUT2D eigenvalue weighted by Gasteiger charge is -2.24. The summed E-state index contributed by atoms with van der Waals surface area (Å²) >= 11 is 0. The molecule has 0 aliphatic rings. The van der Waals surface area contributed by atoms with Crippen LogP contribution in [0.2, 0.25) is 0 Å². The number of oxazole rings is 1. The van der Waals surface area contributed by atoms with E-state index in [-0.39, 0.29) is 10.8 Å². The van der Waals surface area contributed by atoms with Gasteiger partial charge in [-0.2, -0.15) is 0 Å². The molecule has 1 aromatic heterocycles. The SMILES string of the molecule is CC(C)c1nc2cc(C(C)(C)C)cc(C(C)(C)C)c2o1. The van der Waals surface area contributed by atoms with Crippen LogP contribution in [-0.2, 0) is 10.8 Å². The van der Waals surface area contributed by atoms with Crippen LogP contribution in [0, 0.1) is 0 Å². The van der Waals surface area contributed by atoms with Crippen molar-refractivity contribution in [3.05, 3.63) is 29.2 Å². The van der Waals surface area contributed by atoms with E-state index >= 15 is 0 Å². The Bertz CT molecular complexity index is 621. The van der Waals surface area contributed by atoms with E-state index in [1.807, 2.05) is 0 Å². The summed E-state index contributed by atoms with van der Waals surface area (Å²) < 4.78 is 6.04. The lowest BCUT2D eigenvalue weighted by molar-refractivity contribution is 0.488. The molecule has 0 radical (unpaired) electrons. The molecule has 1 heterocycles. The number of nitrogens with zero attached hydrogens (tertiary/aromatic N) is 1. The van der Waals surface area contributed by atoms with Crippen molar-refractivity contribution in [2.75, 3.05) is 0 Å². The molecule has 110 valence electrons. The van der Waals surface area contributed by atoms with Gasteiger partial charge in [0.1, 0.15) is 5.52 Å². The topological polar surface area (TPSA) is 26.0 Å². The lowest BCUT2D eigenvalue weighted by Crippen LogP contribution is -2.16. The van der Waals surface area contributed by atoms with Gasteiger partial charge in [0.2, 0.25) is 0 Å². The first-order valence-corrected chi connectivity index (χ1v) is 7.45. The molecule has 0 saturated carbocycles. The van der Waals surface area contributed by atoms with Gasteiger partial charge in [0, 0.05) is 11.5 Å². The van der Waals surface area contributed by atoms with Crippen LogP contribution >= 0.6 is 0 Å². The van der Waals surface area contributed by atoms with Gasteiger partial charge in [0.25, 0.3) is 0 Å². The van der Waals surface area contributed by atoms with E-state index in [2.05, 4.69) is 67.5 Å². The second-order valence-electron chi connectivity index (χ2n) is 8.08. The maximum atomic E-state index is 6.04. The van der Waals surface area contributed by atoms with Crippen LogP contribution in [0.5, 0.6) is 0 Å². The number of benzene rings is 1. The van der Waals surface area contributed by atoms with Crippen LogP contribution in [0.3, 0.4) is 0 Å². The molecule has 20 heavy (non-hydrogen) atoms. The predicted octanol–water partition coefficient (Wildman–Crippen LogP) is 5.55. The van der Waals surface area contributed by atoms with E-state index in [0.717, 1.165) is 17.0 Å². The van der Waals surface area contributed by atoms with E-state index in [4.69, 9.17) is 9.40 Å². The molecule has 0 atom stereocenters. The summed E-state index contributed by atoms with van der Waals surface area (Å²) in [5.74, 6) is 1.14. The first kappa shape index (κ1) is 15.1. The predicted molar refractivity (Wildman–Crippen MR) is 85.5 cm³/mol. The molecule has 0 amide bonds. The minimum Gasteiger partial charge on any atom is -0.440 e. The van der Waals surface area contributed by atoms with Gasteiger partial charge < -0.3 is 4.42 Å². The highest BCUT2D eigenvalue weighted by Gasteiger charge is 2.25. The van der Waals surface area contributed by atoms with Crippen LogP contribution in [0.15, 0.2) is 16.5 Å². The van der Waals surface area contributed by atoms with Crippen LogP contribution in [0.1, 0.15) is 78.3 Å². The molecule has 2 nitrogen and oxygen atoms in total. The number of fused-ring (bicyclic) bond motifs is 1. The normalized spacial score (nSPS) is 13.4. The van der Waals surface area contributed by atoms with Gasteiger partial charge in [-0.25, -0.2) is 4.98 Å². The summed E-state index contributed by atoms with van der Waals surface area (Å²) in [5.41, 5.74) is 4.68. The van der Waals surface area contributed by atoms with Gasteiger partial charge in [-0.1, -0.05) is 61.5 Å². The monoisotopic (exact) mass is 273 g/mol. The fourth-order valence-electron chi connectivity index (χ4n) is 2.29. The Morgan fingerprint density at radius 3 is 2.00 bits per heavy atom. The summed E-state index contributed by atoms with van der Waals surface area (Å²) in [7, 11) is 0. The van der Waals surface area contributed by atoms with Crippen LogP contribution in [0.25, 0.3) is 11.1 Å². The Morgan fingerprint density at radius 1 is 0.950 bits per heavy atom. The van der Waals surface area contributed by atoms with Crippen molar-refractivity contribution in [1.29, 1.82) is 0 Å². The van der Waals surface area contributed by atoms with E-state index in [9.17, 15) is 0 Å². The molecule has 2 heteroatoms. The van der Waals surface area contributed by atoms with E-state index in [0.29, 0.717) is 5.92 Å². The smallest absolute Gasteiger partial charge is 0.198 e. The third-order valence-corrected chi connectivity index (χ3v) is 3.67. The fourth-order valence-corrected chi connectivity index (χ4v) is 2.29. The third-order valence-electron chi connectivity index (χ3n) is 3.67. The zero-order valence-corrected chi connectivity index (χ0v) is 14.1. The fraction of sp³-hybridized carbons (Fsp3) is 0.611. The molecule has 0 aliphatic carbocycles. The highest BCUT2D eigenvalue weighted by atomic mass is 16.3. The van der Waals surface area contributed by atoms with Crippen molar-refractivity contribution in [1.82, 2.24) is 4.98 Å². The average molecular weight is 273 g/mol. The molecule has 1 aromatic carbocycles. The Kier molecular flexibility index (Phi) is 3.48. The van der Waals surface area contributed by atoms with Crippen molar-refractivity contribution in [3.63, 3.8) is 0 Å². The van der Waals surface area contributed by atoms with Crippen molar-refractivity contribution < 1.29 is 4.42 Å². The van der Waals surface area contributed by atoms with Crippen molar-refractivity contribution in [3.8, 4) is 0 Å². The standard InChI is InChI=1S/C18H27NO/c1-11(2)16-19-14-10-12(17(3,4)5)9-13(15(14)20-16)18(6,7)8/h9-11H,1-8H3. The van der Waals surface area contributed by atoms with Crippen LogP contribution in [0.4, 0.5) is 0 Å². The second-order valence-corrected chi connectivity index (χ2v) is 8.08. The van der Waals surface area contributed by atoms with Crippen LogP contribution in [-0.4, -0.2) is 4.98 Å². The van der Waals surface area contributed by atoms with Gasteiger partial charge >= 0.3 is 0 Å². The van der Waals surface area contributed by atoms with Gasteiger partial charge in [0.05, 0.1) is 0 Å². The highest BCUT2D eigenvalue weighted by Crippen LogP contribution is 2.36. The first-order valence-electron chi connectivity index (χ1n) is 7.45. The average Bonchev–Trinajstić information content (AvgIpc) is 2.68. The Hall–Kier alpha value is -1.31. The first-order chi connectivity index (χ1) is 9.00. The molecule has 0 bridgehead atoms. The summed E-state index contributed by atoms with van der Waals surface area (Å²) in [6.45, 7) is 17.6. The largest absolute Gasteiger partial charge is 0.440 e. The number of hydrogen-bond acceptors (Lipinski definition) is 2. The van der Waals surface area contributed by atoms with Crippen molar-refractivity contribution in [2.24, 2.45) is 0 Å². The Morgan fingerprint density at radius 2 is 1.55 bits per heavy atom. The Labute approximate surface area is 122 Å². The maximum Gasteiger partial charge on any atom is 0.198 e. The second kappa shape index (κ2) is 4.61. The molecule has 0 fully saturated rings. The molecule has 0 aliphatic heterocycles. The van der Waals surface area contributed by atoms with E-state index < -0.39 is 0 Å². The third kappa shape index (κ3) is 2.74. The van der Waals surface area contributed by atoms with Crippen LogP contribution < -0.4 is 0 Å². The maximum absolute atomic E-state index is 6.04. The van der Waals surface area contributed by atoms with Crippen molar-refractivity contribution >= 4 is 11.1 Å². The summed E-state index contributed by atoms with van der Waals surface area (Å²) in [6, 6.07) is 4.47. The molecule has 0 saturated heterocycles. The molecule has 2 rings (SSSR count). The summed E-state index contributed by atoms with van der Waals surface area (Å²) in [5, 5.41) is 0. The van der Waals surface area contributed by atoms with Gasteiger partial charge in [-0.05, 0) is 22.5 Å². The quantitative estimate of drug-likeness (QED) is 0.681. The summed E-state index contributed by atoms with van der Waals surface area (Å²) in [4.78, 5) is 4.69. The Balaban J connectivity index is 2.79. The highest BCUT2D eigenvalue weighted by molar-refractivity contribution is 5.79. The van der Waals surface area contributed by atoms with Gasteiger partial charge in [-0.3, -0.25) is 0 Å². The molecule has 0 unspecified atom stereocenters. The molecular formula is C18H27NO. The van der Waals surface area contributed by atoms with Crippen molar-refractivity contribution in [2.45, 2.75) is 72.1 Å². The zero-order chi connectivity index (χ0) is 15.3. The lowest BCUT2D eigenvalue weighted by atomic mass is 9.80. The summed E-state index contributed by atoms with van der Waals surface area (Å²) in [6.07, 6.45) is 0. The number of rotatable bonds is 1. The minimum atomic E-state index is 0.0489. The van der Waals surface area contributed by atoms with Gasteiger partial charge in [0.15, 0.2) is 11.5 Å². The number of aromatic nitrogens is 1.